The first kappa shape index (κ1) is 14.5. The van der Waals surface area contributed by atoms with Crippen molar-refractivity contribution in [3.8, 4) is 5.69 Å². The number of hydrogen-bond donors (Lipinski definition) is 1. The highest BCUT2D eigenvalue weighted by atomic mass is 35.5. The second kappa shape index (κ2) is 6.52. The Hall–Kier alpha value is -1.48. The maximum absolute atomic E-state index is 6.20. The standard InChI is InChI=1S/C17H22ClN3/c1-2-13-6-3-4-7-15(13)20-16-12-14(18)8-9-17(16)21-11-5-10-19-21/h5,8-13,15,20H,2-4,6-7H2,1H3. The van der Waals surface area contributed by atoms with Crippen molar-refractivity contribution in [2.45, 2.75) is 45.1 Å². The van der Waals surface area contributed by atoms with Crippen LogP contribution in [0.5, 0.6) is 0 Å². The average molecular weight is 304 g/mol. The summed E-state index contributed by atoms with van der Waals surface area (Å²) < 4.78 is 1.89. The molecule has 3 rings (SSSR count). The van der Waals surface area contributed by atoms with Crippen LogP contribution in [0.2, 0.25) is 5.02 Å². The summed E-state index contributed by atoms with van der Waals surface area (Å²) in [5.74, 6) is 0.753. The van der Waals surface area contributed by atoms with Gasteiger partial charge in [-0.3, -0.25) is 0 Å². The van der Waals surface area contributed by atoms with E-state index in [1.54, 1.807) is 6.20 Å². The second-order valence-electron chi connectivity index (χ2n) is 5.82. The normalized spacial score (nSPS) is 22.2. The number of nitrogens with one attached hydrogen (secondary N) is 1. The monoisotopic (exact) mass is 303 g/mol. The Morgan fingerprint density at radius 2 is 2.19 bits per heavy atom. The van der Waals surface area contributed by atoms with Crippen molar-refractivity contribution < 1.29 is 0 Å². The summed E-state index contributed by atoms with van der Waals surface area (Å²) in [4.78, 5) is 0. The van der Waals surface area contributed by atoms with Gasteiger partial charge < -0.3 is 5.32 Å². The van der Waals surface area contributed by atoms with Crippen LogP contribution in [0.15, 0.2) is 36.7 Å². The first-order valence-corrected chi connectivity index (χ1v) is 8.22. The molecule has 2 unspecified atom stereocenters. The lowest BCUT2D eigenvalue weighted by molar-refractivity contribution is 0.317. The first-order chi connectivity index (χ1) is 10.3. The number of benzene rings is 1. The quantitative estimate of drug-likeness (QED) is 0.870. The fraction of sp³-hybridized carbons (Fsp3) is 0.471. The molecule has 1 aromatic carbocycles. The fourth-order valence-electron chi connectivity index (χ4n) is 3.32. The number of rotatable bonds is 4. The lowest BCUT2D eigenvalue weighted by Gasteiger charge is -2.33. The van der Waals surface area contributed by atoms with Crippen LogP contribution in [0.3, 0.4) is 0 Å². The van der Waals surface area contributed by atoms with Gasteiger partial charge in [0.25, 0.3) is 0 Å². The molecule has 0 aliphatic heterocycles. The smallest absolute Gasteiger partial charge is 0.0877 e. The van der Waals surface area contributed by atoms with Crippen molar-refractivity contribution in [1.82, 2.24) is 9.78 Å². The van der Waals surface area contributed by atoms with E-state index >= 15 is 0 Å². The predicted octanol–water partition coefficient (Wildman–Crippen LogP) is 4.91. The highest BCUT2D eigenvalue weighted by Crippen LogP contribution is 2.32. The maximum Gasteiger partial charge on any atom is 0.0877 e. The number of anilines is 1. The zero-order valence-electron chi connectivity index (χ0n) is 12.4. The molecular formula is C17H22ClN3. The van der Waals surface area contributed by atoms with E-state index in [9.17, 15) is 0 Å². The fourth-order valence-corrected chi connectivity index (χ4v) is 3.49. The molecule has 1 aliphatic rings. The predicted molar refractivity (Wildman–Crippen MR) is 88.2 cm³/mol. The summed E-state index contributed by atoms with van der Waals surface area (Å²) in [6.45, 7) is 2.29. The van der Waals surface area contributed by atoms with Crippen LogP contribution in [0.4, 0.5) is 5.69 Å². The van der Waals surface area contributed by atoms with Crippen LogP contribution < -0.4 is 5.32 Å². The molecule has 1 aliphatic carbocycles. The average Bonchev–Trinajstić information content (AvgIpc) is 3.02. The van der Waals surface area contributed by atoms with E-state index in [0.29, 0.717) is 6.04 Å². The molecule has 0 spiro atoms. The molecule has 0 bridgehead atoms. The van der Waals surface area contributed by atoms with Gasteiger partial charge in [0.15, 0.2) is 0 Å². The summed E-state index contributed by atoms with van der Waals surface area (Å²) in [5, 5.41) is 8.84. The first-order valence-electron chi connectivity index (χ1n) is 7.84. The topological polar surface area (TPSA) is 29.9 Å². The summed E-state index contributed by atoms with van der Waals surface area (Å²) in [7, 11) is 0. The molecule has 112 valence electrons. The van der Waals surface area contributed by atoms with E-state index in [1.165, 1.54) is 32.1 Å². The summed E-state index contributed by atoms with van der Waals surface area (Å²) in [6, 6.07) is 8.44. The van der Waals surface area contributed by atoms with Gasteiger partial charge in [0.05, 0.1) is 11.4 Å². The Labute approximate surface area is 131 Å². The highest BCUT2D eigenvalue weighted by Gasteiger charge is 2.24. The van der Waals surface area contributed by atoms with Gasteiger partial charge in [-0.25, -0.2) is 4.68 Å². The van der Waals surface area contributed by atoms with Crippen molar-refractivity contribution in [3.05, 3.63) is 41.7 Å². The SMILES string of the molecule is CCC1CCCCC1Nc1cc(Cl)ccc1-n1cccn1. The third-order valence-corrected chi connectivity index (χ3v) is 4.72. The van der Waals surface area contributed by atoms with Crippen LogP contribution in [0, 0.1) is 5.92 Å². The second-order valence-corrected chi connectivity index (χ2v) is 6.25. The van der Waals surface area contributed by atoms with E-state index in [-0.39, 0.29) is 0 Å². The maximum atomic E-state index is 6.20. The van der Waals surface area contributed by atoms with Gasteiger partial charge in [-0.05, 0) is 43.0 Å². The van der Waals surface area contributed by atoms with Gasteiger partial charge in [0.1, 0.15) is 0 Å². The molecule has 1 N–H and O–H groups in total. The van der Waals surface area contributed by atoms with E-state index in [2.05, 4.69) is 17.3 Å². The molecule has 1 heterocycles. The van der Waals surface area contributed by atoms with E-state index in [1.807, 2.05) is 35.1 Å². The molecule has 3 nitrogen and oxygen atoms in total. The zero-order chi connectivity index (χ0) is 14.7. The van der Waals surface area contributed by atoms with Gasteiger partial charge in [-0.2, -0.15) is 5.10 Å². The van der Waals surface area contributed by atoms with Gasteiger partial charge in [0.2, 0.25) is 0 Å². The van der Waals surface area contributed by atoms with Crippen LogP contribution in [-0.4, -0.2) is 15.8 Å². The third kappa shape index (κ3) is 3.24. The number of nitrogens with zero attached hydrogens (tertiary/aromatic N) is 2. The minimum Gasteiger partial charge on any atom is -0.380 e. The Balaban J connectivity index is 1.88. The van der Waals surface area contributed by atoms with Crippen molar-refractivity contribution >= 4 is 17.3 Å². The van der Waals surface area contributed by atoms with Crippen molar-refractivity contribution in [2.75, 3.05) is 5.32 Å². The molecule has 2 aromatic rings. The van der Waals surface area contributed by atoms with Crippen molar-refractivity contribution in [3.63, 3.8) is 0 Å². The Kier molecular flexibility index (Phi) is 4.49. The van der Waals surface area contributed by atoms with Crippen LogP contribution in [-0.2, 0) is 0 Å². The van der Waals surface area contributed by atoms with Crippen molar-refractivity contribution in [1.29, 1.82) is 0 Å². The largest absolute Gasteiger partial charge is 0.380 e. The zero-order valence-corrected chi connectivity index (χ0v) is 13.2. The lowest BCUT2D eigenvalue weighted by atomic mass is 9.83. The molecule has 1 aromatic heterocycles. The van der Waals surface area contributed by atoms with Crippen LogP contribution in [0.1, 0.15) is 39.0 Å². The minimum absolute atomic E-state index is 0.538. The number of aromatic nitrogens is 2. The van der Waals surface area contributed by atoms with Crippen molar-refractivity contribution in [2.24, 2.45) is 5.92 Å². The van der Waals surface area contributed by atoms with Crippen LogP contribution >= 0.6 is 11.6 Å². The molecule has 1 fully saturated rings. The van der Waals surface area contributed by atoms with E-state index in [0.717, 1.165) is 22.3 Å². The van der Waals surface area contributed by atoms with E-state index in [4.69, 9.17) is 11.6 Å². The van der Waals surface area contributed by atoms with Gasteiger partial charge in [-0.1, -0.05) is 37.8 Å². The minimum atomic E-state index is 0.538. The molecule has 0 amide bonds. The Bertz CT molecular complexity index is 580. The molecule has 21 heavy (non-hydrogen) atoms. The van der Waals surface area contributed by atoms with Gasteiger partial charge in [0, 0.05) is 23.5 Å². The number of hydrogen-bond acceptors (Lipinski definition) is 2. The third-order valence-electron chi connectivity index (χ3n) is 4.48. The molecule has 0 radical (unpaired) electrons. The summed E-state index contributed by atoms with van der Waals surface area (Å²) >= 11 is 6.20. The molecule has 1 saturated carbocycles. The van der Waals surface area contributed by atoms with Gasteiger partial charge in [-0.15, -0.1) is 0 Å². The molecule has 2 atom stereocenters. The Morgan fingerprint density at radius 3 is 2.95 bits per heavy atom. The molecular weight excluding hydrogens is 282 g/mol. The lowest BCUT2D eigenvalue weighted by Crippen LogP contribution is -2.32. The van der Waals surface area contributed by atoms with E-state index < -0.39 is 0 Å². The molecule has 4 heteroatoms. The Morgan fingerprint density at radius 1 is 1.33 bits per heavy atom. The summed E-state index contributed by atoms with van der Waals surface area (Å²) in [6.07, 6.45) is 10.2. The van der Waals surface area contributed by atoms with Crippen LogP contribution in [0.25, 0.3) is 5.69 Å². The highest BCUT2D eigenvalue weighted by molar-refractivity contribution is 6.31. The van der Waals surface area contributed by atoms with Gasteiger partial charge >= 0.3 is 0 Å². The number of halogens is 1. The summed E-state index contributed by atoms with van der Waals surface area (Å²) in [5.41, 5.74) is 2.14. The molecule has 0 saturated heterocycles.